The van der Waals surface area contributed by atoms with Gasteiger partial charge in [-0.1, -0.05) is 69.3 Å². The van der Waals surface area contributed by atoms with Gasteiger partial charge in [-0.05, 0) is 45.5 Å². The molecule has 3 aromatic carbocycles. The van der Waals surface area contributed by atoms with Crippen molar-refractivity contribution in [2.24, 2.45) is 5.10 Å². The van der Waals surface area contributed by atoms with Crippen molar-refractivity contribution in [3.05, 3.63) is 83.4 Å². The van der Waals surface area contributed by atoms with Crippen molar-refractivity contribution in [1.29, 1.82) is 0 Å². The van der Waals surface area contributed by atoms with Gasteiger partial charge in [-0.15, -0.1) is 0 Å². The highest BCUT2D eigenvalue weighted by atomic mass is 16.2. The van der Waals surface area contributed by atoms with Gasteiger partial charge in [-0.2, -0.15) is 5.10 Å². The first-order chi connectivity index (χ1) is 11.9. The fraction of sp³-hybridized carbons (Fsp3) is 0.182. The summed E-state index contributed by atoms with van der Waals surface area (Å²) in [7, 11) is 0. The third-order valence-electron chi connectivity index (χ3n) is 4.17. The molecule has 126 valence electrons. The number of hydrogen-bond acceptors (Lipinski definition) is 2. The van der Waals surface area contributed by atoms with Gasteiger partial charge >= 0.3 is 0 Å². The molecule has 0 heterocycles. The minimum atomic E-state index is -0.211. The van der Waals surface area contributed by atoms with Gasteiger partial charge in [0, 0.05) is 5.56 Å². The third kappa shape index (κ3) is 4.13. The van der Waals surface area contributed by atoms with Crippen molar-refractivity contribution in [2.75, 3.05) is 0 Å². The number of carbonyl (C=O) groups excluding carboxylic acids is 1. The topological polar surface area (TPSA) is 41.5 Å². The van der Waals surface area contributed by atoms with Crippen molar-refractivity contribution in [3.63, 3.8) is 0 Å². The van der Waals surface area contributed by atoms with E-state index in [2.05, 4.69) is 43.4 Å². The summed E-state index contributed by atoms with van der Waals surface area (Å²) in [6, 6.07) is 21.9. The van der Waals surface area contributed by atoms with E-state index in [4.69, 9.17) is 0 Å². The molecule has 0 unspecified atom stereocenters. The van der Waals surface area contributed by atoms with E-state index in [-0.39, 0.29) is 11.3 Å². The maximum atomic E-state index is 12.2. The lowest BCUT2D eigenvalue weighted by Gasteiger charge is -2.18. The Balaban J connectivity index is 1.67. The molecule has 3 rings (SSSR count). The van der Waals surface area contributed by atoms with Crippen LogP contribution in [0.5, 0.6) is 0 Å². The monoisotopic (exact) mass is 330 g/mol. The van der Waals surface area contributed by atoms with E-state index in [0.717, 1.165) is 10.9 Å². The third-order valence-corrected chi connectivity index (χ3v) is 4.17. The maximum absolute atomic E-state index is 12.2. The second-order valence-corrected chi connectivity index (χ2v) is 7.13. The number of benzene rings is 3. The fourth-order valence-electron chi connectivity index (χ4n) is 2.64. The van der Waals surface area contributed by atoms with E-state index in [1.54, 1.807) is 6.21 Å². The second kappa shape index (κ2) is 6.89. The zero-order valence-electron chi connectivity index (χ0n) is 14.8. The first kappa shape index (κ1) is 16.9. The van der Waals surface area contributed by atoms with Crippen molar-refractivity contribution >= 4 is 22.9 Å². The van der Waals surface area contributed by atoms with Gasteiger partial charge in [0.25, 0.3) is 5.91 Å². The molecule has 0 radical (unpaired) electrons. The summed E-state index contributed by atoms with van der Waals surface area (Å²) in [6.07, 6.45) is 1.66. The second-order valence-electron chi connectivity index (χ2n) is 7.13. The minimum Gasteiger partial charge on any atom is -0.267 e. The van der Waals surface area contributed by atoms with Crippen LogP contribution in [0.2, 0.25) is 0 Å². The molecular formula is C22H22N2O. The van der Waals surface area contributed by atoms with Gasteiger partial charge in [0.15, 0.2) is 0 Å². The molecule has 1 N–H and O–H groups in total. The summed E-state index contributed by atoms with van der Waals surface area (Å²) in [5.74, 6) is -0.211. The fourth-order valence-corrected chi connectivity index (χ4v) is 2.64. The van der Waals surface area contributed by atoms with E-state index in [1.165, 1.54) is 10.9 Å². The predicted molar refractivity (Wildman–Crippen MR) is 104 cm³/mol. The van der Waals surface area contributed by atoms with Crippen LogP contribution in [-0.4, -0.2) is 12.1 Å². The van der Waals surface area contributed by atoms with Crippen LogP contribution < -0.4 is 5.43 Å². The number of hydrogen-bond donors (Lipinski definition) is 1. The molecule has 1 amide bonds. The van der Waals surface area contributed by atoms with E-state index in [9.17, 15) is 4.79 Å². The van der Waals surface area contributed by atoms with Crippen LogP contribution in [0.25, 0.3) is 10.8 Å². The summed E-state index contributed by atoms with van der Waals surface area (Å²) in [5.41, 5.74) is 5.40. The van der Waals surface area contributed by atoms with Crippen molar-refractivity contribution in [3.8, 4) is 0 Å². The highest BCUT2D eigenvalue weighted by molar-refractivity contribution is 5.95. The van der Waals surface area contributed by atoms with Crippen LogP contribution in [0.1, 0.15) is 42.3 Å². The number of nitrogens with zero attached hydrogens (tertiary/aromatic N) is 1. The molecule has 25 heavy (non-hydrogen) atoms. The number of amides is 1. The Morgan fingerprint density at radius 2 is 1.60 bits per heavy atom. The normalized spacial score (nSPS) is 11.8. The minimum absolute atomic E-state index is 0.0727. The van der Waals surface area contributed by atoms with Gasteiger partial charge in [0.2, 0.25) is 0 Å². The smallest absolute Gasteiger partial charge is 0.267 e. The van der Waals surface area contributed by atoms with Crippen LogP contribution in [0, 0.1) is 0 Å². The van der Waals surface area contributed by atoms with Crippen molar-refractivity contribution in [1.82, 2.24) is 5.43 Å². The van der Waals surface area contributed by atoms with Gasteiger partial charge in [-0.3, -0.25) is 4.79 Å². The predicted octanol–water partition coefficient (Wildman–Crippen LogP) is 4.90. The lowest BCUT2D eigenvalue weighted by molar-refractivity contribution is 0.0955. The molecule has 0 spiro atoms. The molecular weight excluding hydrogens is 308 g/mol. The molecule has 0 saturated carbocycles. The van der Waals surface area contributed by atoms with Gasteiger partial charge in [0.05, 0.1) is 6.21 Å². The Kier molecular flexibility index (Phi) is 4.66. The molecule has 0 saturated heterocycles. The highest BCUT2D eigenvalue weighted by Gasteiger charge is 2.14. The maximum Gasteiger partial charge on any atom is 0.271 e. The lowest BCUT2D eigenvalue weighted by Crippen LogP contribution is -2.18. The standard InChI is InChI=1S/C22H22N2O/c1-22(2,3)20-12-10-18(11-13-20)21(25)24-23-15-16-8-9-17-6-4-5-7-19(17)14-16/h4-15H,1-3H3,(H,24,25). The first-order valence-corrected chi connectivity index (χ1v) is 8.36. The number of carbonyl (C=O) groups is 1. The summed E-state index contributed by atoms with van der Waals surface area (Å²) >= 11 is 0. The number of hydrazone groups is 1. The average molecular weight is 330 g/mol. The lowest BCUT2D eigenvalue weighted by atomic mass is 9.87. The molecule has 0 fully saturated rings. The Labute approximate surface area is 148 Å². The van der Waals surface area contributed by atoms with Crippen LogP contribution in [0.4, 0.5) is 0 Å². The van der Waals surface area contributed by atoms with Gasteiger partial charge in [-0.25, -0.2) is 5.43 Å². The summed E-state index contributed by atoms with van der Waals surface area (Å²) in [5, 5.41) is 6.40. The SMILES string of the molecule is CC(C)(C)c1ccc(C(=O)NN=Cc2ccc3ccccc3c2)cc1. The summed E-state index contributed by atoms with van der Waals surface area (Å²) in [6.45, 7) is 6.45. The van der Waals surface area contributed by atoms with Crippen LogP contribution in [0.3, 0.4) is 0 Å². The summed E-state index contributed by atoms with van der Waals surface area (Å²) < 4.78 is 0. The van der Waals surface area contributed by atoms with E-state index in [1.807, 2.05) is 54.6 Å². The molecule has 0 aliphatic heterocycles. The van der Waals surface area contributed by atoms with Crippen molar-refractivity contribution < 1.29 is 4.79 Å². The van der Waals surface area contributed by atoms with Gasteiger partial charge < -0.3 is 0 Å². The highest BCUT2D eigenvalue weighted by Crippen LogP contribution is 2.22. The van der Waals surface area contributed by atoms with Crippen LogP contribution in [0.15, 0.2) is 71.8 Å². The zero-order valence-corrected chi connectivity index (χ0v) is 14.8. The molecule has 0 aromatic heterocycles. The molecule has 0 bridgehead atoms. The molecule has 3 nitrogen and oxygen atoms in total. The average Bonchev–Trinajstić information content (AvgIpc) is 2.61. The Hall–Kier alpha value is -2.94. The molecule has 3 aromatic rings. The van der Waals surface area contributed by atoms with Gasteiger partial charge in [0.1, 0.15) is 0 Å². The molecule has 3 heteroatoms. The molecule has 0 aliphatic carbocycles. The first-order valence-electron chi connectivity index (χ1n) is 8.36. The number of nitrogens with one attached hydrogen (secondary N) is 1. The molecule has 0 atom stereocenters. The Bertz CT molecular complexity index is 919. The van der Waals surface area contributed by atoms with Crippen LogP contribution in [-0.2, 0) is 5.41 Å². The number of fused-ring (bicyclic) bond motifs is 1. The van der Waals surface area contributed by atoms with Crippen molar-refractivity contribution in [2.45, 2.75) is 26.2 Å². The largest absolute Gasteiger partial charge is 0.271 e. The van der Waals surface area contributed by atoms with E-state index in [0.29, 0.717) is 5.56 Å². The van der Waals surface area contributed by atoms with E-state index < -0.39 is 0 Å². The Morgan fingerprint density at radius 1 is 0.920 bits per heavy atom. The van der Waals surface area contributed by atoms with Crippen LogP contribution >= 0.6 is 0 Å². The Morgan fingerprint density at radius 3 is 2.28 bits per heavy atom. The van der Waals surface area contributed by atoms with E-state index >= 15 is 0 Å². The quantitative estimate of drug-likeness (QED) is 0.538. The molecule has 0 aliphatic rings. The zero-order chi connectivity index (χ0) is 17.9. The summed E-state index contributed by atoms with van der Waals surface area (Å²) in [4.78, 5) is 12.2. The number of rotatable bonds is 3.